The largest absolute Gasteiger partial charge is 0.413 e. The van der Waals surface area contributed by atoms with Crippen molar-refractivity contribution in [3.63, 3.8) is 0 Å². The van der Waals surface area contributed by atoms with Crippen LogP contribution in [-0.4, -0.2) is 60.8 Å². The number of carbonyl (C=O) groups is 2. The number of benzene rings is 1. The van der Waals surface area contributed by atoms with E-state index in [1.807, 2.05) is 19.2 Å². The number of rotatable bonds is 4. The van der Waals surface area contributed by atoms with E-state index in [1.54, 1.807) is 23.9 Å². The van der Waals surface area contributed by atoms with E-state index in [-0.39, 0.29) is 17.6 Å². The zero-order chi connectivity index (χ0) is 24.0. The average molecular weight is 479 g/mol. The van der Waals surface area contributed by atoms with Crippen molar-refractivity contribution in [2.45, 2.75) is 13.0 Å². The third-order valence-corrected chi connectivity index (χ3v) is 5.92. The van der Waals surface area contributed by atoms with Gasteiger partial charge in [0.25, 0.3) is 0 Å². The standard InChI is InChI=1S/C22H19ClN8O3/c1-11(21(32)31-9-12(6-24)10-31)27-22(33)34-17-8-26-20-19(17)28-15(7-25-20)18-14-4-3-13(23)5-16(14)30(2)29-18/h3-5,7-8,11-12H,9-10H2,1-2H3,(H,25,26)(H,27,33)/t11-/m1/s1. The van der Waals surface area contributed by atoms with Crippen LogP contribution < -0.4 is 10.1 Å². The number of hydrogen-bond acceptors (Lipinski definition) is 7. The highest BCUT2D eigenvalue weighted by atomic mass is 35.5. The van der Waals surface area contributed by atoms with Crippen molar-refractivity contribution in [2.75, 3.05) is 13.1 Å². The normalized spacial score (nSPS) is 14.6. The number of carbonyl (C=O) groups excluding carboxylic acids is 2. The van der Waals surface area contributed by atoms with Crippen LogP contribution in [0.3, 0.4) is 0 Å². The first-order valence-corrected chi connectivity index (χ1v) is 10.9. The number of aromatic amines is 1. The van der Waals surface area contributed by atoms with Crippen LogP contribution in [0.4, 0.5) is 4.79 Å². The van der Waals surface area contributed by atoms with Gasteiger partial charge in [-0.05, 0) is 25.1 Å². The molecule has 1 aliphatic heterocycles. The Kier molecular flexibility index (Phi) is 5.30. The first kappa shape index (κ1) is 21.7. The summed E-state index contributed by atoms with van der Waals surface area (Å²) in [6.45, 7) is 2.30. The van der Waals surface area contributed by atoms with Gasteiger partial charge in [0.05, 0.1) is 23.7 Å². The summed E-state index contributed by atoms with van der Waals surface area (Å²) in [5.41, 5.74) is 2.74. The summed E-state index contributed by atoms with van der Waals surface area (Å²) in [6, 6.07) is 6.77. The molecule has 12 heteroatoms. The molecule has 0 unspecified atom stereocenters. The minimum absolute atomic E-state index is 0.157. The van der Waals surface area contributed by atoms with Crippen molar-refractivity contribution in [1.82, 2.24) is 34.9 Å². The quantitative estimate of drug-likeness (QED) is 0.459. The lowest BCUT2D eigenvalue weighted by molar-refractivity contribution is -0.137. The molecule has 0 radical (unpaired) electrons. The number of nitrogens with one attached hydrogen (secondary N) is 2. The Morgan fingerprint density at radius 1 is 1.38 bits per heavy atom. The lowest BCUT2D eigenvalue weighted by atomic mass is 10.0. The van der Waals surface area contributed by atoms with E-state index in [2.05, 4.69) is 31.4 Å². The highest BCUT2D eigenvalue weighted by Gasteiger charge is 2.33. The molecular weight excluding hydrogens is 460 g/mol. The third kappa shape index (κ3) is 3.78. The average Bonchev–Trinajstić information content (AvgIpc) is 3.33. The topological polar surface area (TPSA) is 142 Å². The summed E-state index contributed by atoms with van der Waals surface area (Å²) >= 11 is 6.11. The summed E-state index contributed by atoms with van der Waals surface area (Å²) in [5.74, 6) is -0.264. The molecule has 1 atom stereocenters. The van der Waals surface area contributed by atoms with Gasteiger partial charge in [0.2, 0.25) is 5.91 Å². The number of amides is 2. The summed E-state index contributed by atoms with van der Waals surface area (Å²) in [6.07, 6.45) is 2.26. The summed E-state index contributed by atoms with van der Waals surface area (Å²) < 4.78 is 7.12. The third-order valence-electron chi connectivity index (χ3n) is 5.69. The first-order chi connectivity index (χ1) is 16.3. The molecule has 3 aromatic heterocycles. The minimum atomic E-state index is -0.802. The van der Waals surface area contributed by atoms with Gasteiger partial charge in [-0.25, -0.2) is 14.8 Å². The van der Waals surface area contributed by atoms with Crippen LogP contribution in [0.5, 0.6) is 5.75 Å². The van der Waals surface area contributed by atoms with Gasteiger partial charge < -0.3 is 19.9 Å². The molecule has 5 rings (SSSR count). The van der Waals surface area contributed by atoms with Gasteiger partial charge in [0.15, 0.2) is 16.9 Å². The molecule has 4 heterocycles. The zero-order valence-electron chi connectivity index (χ0n) is 18.2. The molecule has 0 bridgehead atoms. The van der Waals surface area contributed by atoms with Crippen molar-refractivity contribution in [1.29, 1.82) is 5.26 Å². The maximum absolute atomic E-state index is 12.4. The molecule has 1 fully saturated rings. The maximum Gasteiger partial charge on any atom is 0.413 e. The lowest BCUT2D eigenvalue weighted by Gasteiger charge is -2.36. The van der Waals surface area contributed by atoms with Gasteiger partial charge in [0.1, 0.15) is 17.4 Å². The van der Waals surface area contributed by atoms with E-state index >= 15 is 0 Å². The zero-order valence-corrected chi connectivity index (χ0v) is 19.0. The number of H-pyrrole nitrogens is 1. The molecule has 1 aliphatic rings. The number of nitriles is 1. The Morgan fingerprint density at radius 3 is 2.94 bits per heavy atom. The number of aryl methyl sites for hydroxylation is 1. The molecule has 1 saturated heterocycles. The minimum Gasteiger partial charge on any atom is -0.406 e. The highest BCUT2D eigenvalue weighted by Crippen LogP contribution is 2.30. The van der Waals surface area contributed by atoms with Crippen LogP contribution in [0, 0.1) is 17.2 Å². The summed E-state index contributed by atoms with van der Waals surface area (Å²) in [4.78, 5) is 38.2. The van der Waals surface area contributed by atoms with E-state index in [0.717, 1.165) is 10.9 Å². The van der Waals surface area contributed by atoms with Crippen molar-refractivity contribution >= 4 is 45.7 Å². The number of aromatic nitrogens is 5. The molecule has 0 saturated carbocycles. The van der Waals surface area contributed by atoms with Gasteiger partial charge >= 0.3 is 6.09 Å². The molecule has 11 nitrogen and oxygen atoms in total. The fourth-order valence-electron chi connectivity index (χ4n) is 3.86. The fourth-order valence-corrected chi connectivity index (χ4v) is 4.03. The fraction of sp³-hybridized carbons (Fsp3) is 0.273. The maximum atomic E-state index is 12.4. The van der Waals surface area contributed by atoms with Crippen molar-refractivity contribution in [2.24, 2.45) is 13.0 Å². The SMILES string of the molecule is C[C@@H](NC(=O)Oc1c[nH]c2ncc(-c3nn(C)c4cc(Cl)ccc34)nc12)C(=O)N1CC(C#N)C1. The monoisotopic (exact) mass is 478 g/mol. The number of hydrogen-bond donors (Lipinski definition) is 2. The number of nitrogens with zero attached hydrogens (tertiary/aromatic N) is 6. The van der Waals surface area contributed by atoms with Gasteiger partial charge in [-0.15, -0.1) is 0 Å². The Balaban J connectivity index is 1.35. The molecule has 172 valence electrons. The summed E-state index contributed by atoms with van der Waals surface area (Å²) in [7, 11) is 1.81. The molecular formula is C22H19ClN8O3. The molecule has 0 aliphatic carbocycles. The predicted octanol–water partition coefficient (Wildman–Crippen LogP) is 2.62. The number of halogens is 1. The van der Waals surface area contributed by atoms with Crippen molar-refractivity contribution < 1.29 is 14.3 Å². The molecule has 34 heavy (non-hydrogen) atoms. The second kappa shape index (κ2) is 8.31. The van der Waals surface area contributed by atoms with Crippen LogP contribution in [-0.2, 0) is 11.8 Å². The van der Waals surface area contributed by atoms with Crippen molar-refractivity contribution in [3.05, 3.63) is 35.6 Å². The Bertz CT molecular complexity index is 1480. The number of ether oxygens (including phenoxy) is 1. The molecule has 4 aromatic rings. The summed E-state index contributed by atoms with van der Waals surface area (Å²) in [5, 5.41) is 17.4. The second-order valence-corrected chi connectivity index (χ2v) is 8.50. The van der Waals surface area contributed by atoms with Crippen LogP contribution in [0.1, 0.15) is 6.92 Å². The van der Waals surface area contributed by atoms with Gasteiger partial charge in [0, 0.05) is 36.7 Å². The van der Waals surface area contributed by atoms with E-state index in [0.29, 0.717) is 40.7 Å². The Morgan fingerprint density at radius 2 is 2.18 bits per heavy atom. The molecule has 2 amide bonds. The number of likely N-dealkylation sites (tertiary alicyclic amines) is 1. The lowest BCUT2D eigenvalue weighted by Crippen LogP contribution is -2.56. The van der Waals surface area contributed by atoms with Gasteiger partial charge in [-0.2, -0.15) is 10.4 Å². The Hall–Kier alpha value is -4.17. The van der Waals surface area contributed by atoms with Gasteiger partial charge in [-0.1, -0.05) is 11.6 Å². The van der Waals surface area contributed by atoms with Crippen LogP contribution >= 0.6 is 11.6 Å². The van der Waals surface area contributed by atoms with Crippen LogP contribution in [0.25, 0.3) is 33.5 Å². The smallest absolute Gasteiger partial charge is 0.406 e. The van der Waals surface area contributed by atoms with E-state index in [4.69, 9.17) is 21.6 Å². The highest BCUT2D eigenvalue weighted by molar-refractivity contribution is 6.31. The van der Waals surface area contributed by atoms with Gasteiger partial charge in [-0.3, -0.25) is 9.48 Å². The number of fused-ring (bicyclic) bond motifs is 2. The molecule has 0 spiro atoms. The molecule has 1 aromatic carbocycles. The van der Waals surface area contributed by atoms with Crippen LogP contribution in [0.2, 0.25) is 5.02 Å². The first-order valence-electron chi connectivity index (χ1n) is 10.5. The second-order valence-electron chi connectivity index (χ2n) is 8.06. The van der Waals surface area contributed by atoms with E-state index in [1.165, 1.54) is 11.1 Å². The van der Waals surface area contributed by atoms with Crippen LogP contribution in [0.15, 0.2) is 30.6 Å². The predicted molar refractivity (Wildman–Crippen MR) is 123 cm³/mol. The van der Waals surface area contributed by atoms with E-state index < -0.39 is 12.1 Å². The molecule has 2 N–H and O–H groups in total. The Labute approximate surface area is 198 Å². The van der Waals surface area contributed by atoms with E-state index in [9.17, 15) is 9.59 Å². The van der Waals surface area contributed by atoms with Crippen molar-refractivity contribution in [3.8, 4) is 23.2 Å².